The predicted molar refractivity (Wildman–Crippen MR) is 66.9 cm³/mol. The van der Waals surface area contributed by atoms with Crippen LogP contribution in [-0.4, -0.2) is 29.6 Å². The number of rotatable bonds is 6. The maximum atomic E-state index is 6.30. The first-order valence-electron chi connectivity index (χ1n) is 6.20. The second-order valence-electron chi connectivity index (χ2n) is 5.17. The maximum absolute atomic E-state index is 6.30. The molecule has 88 valence electrons. The Morgan fingerprint density at radius 2 is 2.00 bits per heavy atom. The molecule has 1 aliphatic rings. The van der Waals surface area contributed by atoms with Gasteiger partial charge in [0, 0.05) is 11.6 Å². The molecule has 0 amide bonds. The van der Waals surface area contributed by atoms with Crippen LogP contribution < -0.4 is 5.73 Å². The molecule has 0 aromatic rings. The van der Waals surface area contributed by atoms with Crippen molar-refractivity contribution in [1.82, 2.24) is 4.90 Å². The van der Waals surface area contributed by atoms with Crippen LogP contribution >= 0.6 is 0 Å². The van der Waals surface area contributed by atoms with E-state index in [9.17, 15) is 0 Å². The van der Waals surface area contributed by atoms with E-state index in [1.54, 1.807) is 0 Å². The summed E-state index contributed by atoms with van der Waals surface area (Å²) in [6.45, 7) is 10.8. The molecule has 0 spiro atoms. The van der Waals surface area contributed by atoms with Crippen molar-refractivity contribution in [3.05, 3.63) is 12.7 Å². The van der Waals surface area contributed by atoms with Crippen molar-refractivity contribution < 1.29 is 0 Å². The van der Waals surface area contributed by atoms with Crippen molar-refractivity contribution in [2.75, 3.05) is 13.1 Å². The van der Waals surface area contributed by atoms with Crippen molar-refractivity contribution in [1.29, 1.82) is 0 Å². The topological polar surface area (TPSA) is 29.3 Å². The Labute approximate surface area is 94.5 Å². The second kappa shape index (κ2) is 5.66. The van der Waals surface area contributed by atoms with Gasteiger partial charge in [0.1, 0.15) is 0 Å². The number of hydrogen-bond donors (Lipinski definition) is 1. The van der Waals surface area contributed by atoms with E-state index in [2.05, 4.69) is 25.3 Å². The van der Waals surface area contributed by atoms with Crippen LogP contribution in [0.15, 0.2) is 12.7 Å². The molecule has 15 heavy (non-hydrogen) atoms. The van der Waals surface area contributed by atoms with Gasteiger partial charge in [0.15, 0.2) is 0 Å². The molecule has 0 radical (unpaired) electrons. The molecule has 1 heterocycles. The molecule has 1 unspecified atom stereocenters. The minimum Gasteiger partial charge on any atom is -0.326 e. The fraction of sp³-hybridized carbons (Fsp3) is 0.846. The SMILES string of the molecule is C=CCCCC(N)C(C)(C)N1CCCC1. The number of unbranched alkanes of at least 4 members (excludes halogenated alkanes) is 1. The standard InChI is InChI=1S/C13H26N2/c1-4-5-6-9-12(14)13(2,3)15-10-7-8-11-15/h4,12H,1,5-11,14H2,2-3H3. The summed E-state index contributed by atoms with van der Waals surface area (Å²) in [6.07, 6.45) is 8.02. The third-order valence-corrected chi connectivity index (χ3v) is 3.75. The first-order chi connectivity index (χ1) is 7.09. The highest BCUT2D eigenvalue weighted by Gasteiger charge is 2.33. The molecule has 0 aromatic carbocycles. The normalized spacial score (nSPS) is 20.5. The highest BCUT2D eigenvalue weighted by molar-refractivity contribution is 4.93. The first-order valence-corrected chi connectivity index (χ1v) is 6.20. The molecular weight excluding hydrogens is 184 g/mol. The van der Waals surface area contributed by atoms with Gasteiger partial charge in [-0.3, -0.25) is 4.90 Å². The minimum absolute atomic E-state index is 0.164. The molecular formula is C13H26N2. The lowest BCUT2D eigenvalue weighted by Crippen LogP contribution is -2.54. The van der Waals surface area contributed by atoms with Gasteiger partial charge in [-0.15, -0.1) is 6.58 Å². The van der Waals surface area contributed by atoms with Crippen LogP contribution in [0.5, 0.6) is 0 Å². The molecule has 1 fully saturated rings. The number of allylic oxidation sites excluding steroid dienone is 1. The van der Waals surface area contributed by atoms with E-state index in [1.165, 1.54) is 32.4 Å². The maximum Gasteiger partial charge on any atom is 0.0304 e. The zero-order valence-corrected chi connectivity index (χ0v) is 10.3. The Morgan fingerprint density at radius 1 is 1.40 bits per heavy atom. The quantitative estimate of drug-likeness (QED) is 0.539. The summed E-state index contributed by atoms with van der Waals surface area (Å²) in [5.74, 6) is 0. The summed E-state index contributed by atoms with van der Waals surface area (Å²) in [4.78, 5) is 2.55. The summed E-state index contributed by atoms with van der Waals surface area (Å²) < 4.78 is 0. The summed E-state index contributed by atoms with van der Waals surface area (Å²) in [5.41, 5.74) is 6.46. The molecule has 2 N–H and O–H groups in total. The summed E-state index contributed by atoms with van der Waals surface area (Å²) >= 11 is 0. The highest BCUT2D eigenvalue weighted by Crippen LogP contribution is 2.25. The molecule has 0 aliphatic carbocycles. The Balaban J connectivity index is 2.40. The molecule has 1 aliphatic heterocycles. The Morgan fingerprint density at radius 3 is 2.53 bits per heavy atom. The highest BCUT2D eigenvalue weighted by atomic mass is 15.2. The van der Waals surface area contributed by atoms with E-state index >= 15 is 0 Å². The largest absolute Gasteiger partial charge is 0.326 e. The molecule has 1 rings (SSSR count). The van der Waals surface area contributed by atoms with Crippen LogP contribution in [0.2, 0.25) is 0 Å². The van der Waals surface area contributed by atoms with Gasteiger partial charge in [0.05, 0.1) is 0 Å². The third kappa shape index (κ3) is 3.32. The van der Waals surface area contributed by atoms with Crippen molar-refractivity contribution in [3.8, 4) is 0 Å². The lowest BCUT2D eigenvalue weighted by molar-refractivity contribution is 0.119. The summed E-state index contributed by atoms with van der Waals surface area (Å²) in [6, 6.07) is 0.288. The number of hydrogen-bond acceptors (Lipinski definition) is 2. The van der Waals surface area contributed by atoms with Crippen LogP contribution in [0.1, 0.15) is 46.0 Å². The zero-order chi connectivity index (χ0) is 11.3. The van der Waals surface area contributed by atoms with Crippen molar-refractivity contribution in [2.45, 2.75) is 57.5 Å². The van der Waals surface area contributed by atoms with Crippen LogP contribution in [-0.2, 0) is 0 Å². The minimum atomic E-state index is 0.164. The molecule has 1 saturated heterocycles. The fourth-order valence-corrected chi connectivity index (χ4v) is 2.36. The monoisotopic (exact) mass is 210 g/mol. The average Bonchev–Trinajstić information content (AvgIpc) is 2.71. The Kier molecular flexibility index (Phi) is 4.81. The molecule has 2 nitrogen and oxygen atoms in total. The Bertz CT molecular complexity index is 193. The molecule has 0 bridgehead atoms. The molecule has 0 aromatic heterocycles. The fourth-order valence-electron chi connectivity index (χ4n) is 2.36. The van der Waals surface area contributed by atoms with Gasteiger partial charge < -0.3 is 5.73 Å². The Hall–Kier alpha value is -0.340. The van der Waals surface area contributed by atoms with Gasteiger partial charge >= 0.3 is 0 Å². The molecule has 2 heteroatoms. The van der Waals surface area contributed by atoms with Crippen LogP contribution in [0.3, 0.4) is 0 Å². The van der Waals surface area contributed by atoms with Gasteiger partial charge in [-0.2, -0.15) is 0 Å². The first kappa shape index (κ1) is 12.7. The third-order valence-electron chi connectivity index (χ3n) is 3.75. The summed E-state index contributed by atoms with van der Waals surface area (Å²) in [7, 11) is 0. The lowest BCUT2D eigenvalue weighted by Gasteiger charge is -2.40. The van der Waals surface area contributed by atoms with Crippen LogP contribution in [0.4, 0.5) is 0 Å². The van der Waals surface area contributed by atoms with Gasteiger partial charge in [0.25, 0.3) is 0 Å². The van der Waals surface area contributed by atoms with Crippen molar-refractivity contribution >= 4 is 0 Å². The number of nitrogens with two attached hydrogens (primary N) is 1. The smallest absolute Gasteiger partial charge is 0.0304 e. The second-order valence-corrected chi connectivity index (χ2v) is 5.17. The lowest BCUT2D eigenvalue weighted by atomic mass is 9.89. The van der Waals surface area contributed by atoms with E-state index in [-0.39, 0.29) is 11.6 Å². The van der Waals surface area contributed by atoms with Crippen LogP contribution in [0.25, 0.3) is 0 Å². The van der Waals surface area contributed by atoms with Crippen LogP contribution in [0, 0.1) is 0 Å². The predicted octanol–water partition coefficient (Wildman–Crippen LogP) is 2.54. The van der Waals surface area contributed by atoms with Gasteiger partial charge in [-0.25, -0.2) is 0 Å². The number of nitrogens with zero attached hydrogens (tertiary/aromatic N) is 1. The van der Waals surface area contributed by atoms with E-state index in [0.29, 0.717) is 0 Å². The van der Waals surface area contributed by atoms with Crippen molar-refractivity contribution in [2.24, 2.45) is 5.73 Å². The van der Waals surface area contributed by atoms with E-state index in [4.69, 9.17) is 5.73 Å². The van der Waals surface area contributed by atoms with E-state index < -0.39 is 0 Å². The molecule has 0 saturated carbocycles. The molecule has 1 atom stereocenters. The average molecular weight is 210 g/mol. The van der Waals surface area contributed by atoms with Gasteiger partial charge in [0.2, 0.25) is 0 Å². The van der Waals surface area contributed by atoms with E-state index in [0.717, 1.165) is 12.8 Å². The summed E-state index contributed by atoms with van der Waals surface area (Å²) in [5, 5.41) is 0. The van der Waals surface area contributed by atoms with Gasteiger partial charge in [-0.1, -0.05) is 6.08 Å². The van der Waals surface area contributed by atoms with Crippen molar-refractivity contribution in [3.63, 3.8) is 0 Å². The number of likely N-dealkylation sites (tertiary alicyclic amines) is 1. The van der Waals surface area contributed by atoms with Gasteiger partial charge in [-0.05, 0) is 59.0 Å². The zero-order valence-electron chi connectivity index (χ0n) is 10.3. The van der Waals surface area contributed by atoms with E-state index in [1.807, 2.05) is 6.08 Å².